The van der Waals surface area contributed by atoms with E-state index in [1.54, 1.807) is 23.5 Å². The summed E-state index contributed by atoms with van der Waals surface area (Å²) >= 11 is 1.63. The number of carbonyl (C=O) groups excluding carboxylic acids is 1. The van der Waals surface area contributed by atoms with Gasteiger partial charge in [-0.1, -0.05) is 18.6 Å². The van der Waals surface area contributed by atoms with Gasteiger partial charge in [0.15, 0.2) is 6.29 Å². The van der Waals surface area contributed by atoms with Gasteiger partial charge in [0.25, 0.3) is 0 Å². The Morgan fingerprint density at radius 1 is 1.26 bits per heavy atom. The van der Waals surface area contributed by atoms with Gasteiger partial charge in [-0.05, 0) is 31.5 Å². The first-order valence-corrected chi connectivity index (χ1v) is 10.2. The number of methoxy groups -OCH3 is 1. The third-order valence-corrected chi connectivity index (χ3v) is 6.04. The Morgan fingerprint density at radius 2 is 2.04 bits per heavy atom. The normalized spacial score (nSPS) is 21.4. The molecule has 1 aromatic heterocycles. The number of aromatic nitrogens is 1. The largest absolute Gasteiger partial charge is 0.465 e. The number of likely N-dealkylation sites (tertiary alicyclic amines) is 1. The summed E-state index contributed by atoms with van der Waals surface area (Å²) in [6.07, 6.45) is 3.43. The molecular weight excluding hydrogens is 364 g/mol. The number of rotatable bonds is 5. The minimum Gasteiger partial charge on any atom is -0.465 e. The number of thiazole rings is 1. The van der Waals surface area contributed by atoms with E-state index in [0.717, 1.165) is 35.8 Å². The van der Waals surface area contributed by atoms with Crippen LogP contribution in [0.1, 0.15) is 35.3 Å². The second-order valence-electron chi connectivity index (χ2n) is 6.86. The third-order valence-electron chi connectivity index (χ3n) is 5.10. The molecule has 0 spiro atoms. The summed E-state index contributed by atoms with van der Waals surface area (Å²) in [7, 11) is 1.39. The lowest BCUT2D eigenvalue weighted by atomic mass is 10.0. The molecule has 0 amide bonds. The number of ether oxygens (including phenoxy) is 3. The lowest BCUT2D eigenvalue weighted by molar-refractivity contribution is -0.111. The highest BCUT2D eigenvalue weighted by atomic mass is 32.1. The zero-order chi connectivity index (χ0) is 18.6. The van der Waals surface area contributed by atoms with Crippen molar-refractivity contribution in [1.29, 1.82) is 0 Å². The number of hydrogen-bond acceptors (Lipinski definition) is 7. The van der Waals surface area contributed by atoms with Crippen molar-refractivity contribution in [3.63, 3.8) is 0 Å². The van der Waals surface area contributed by atoms with Crippen LogP contribution in [0.5, 0.6) is 0 Å². The maximum absolute atomic E-state index is 11.6. The molecule has 2 aromatic rings. The van der Waals surface area contributed by atoms with Gasteiger partial charge < -0.3 is 14.2 Å². The van der Waals surface area contributed by atoms with Gasteiger partial charge in [-0.2, -0.15) is 0 Å². The Balaban J connectivity index is 1.44. The zero-order valence-electron chi connectivity index (χ0n) is 15.4. The van der Waals surface area contributed by atoms with Gasteiger partial charge in [0.1, 0.15) is 5.01 Å². The van der Waals surface area contributed by atoms with Crippen LogP contribution in [0.4, 0.5) is 0 Å². The average Bonchev–Trinajstić information content (AvgIpc) is 3.40. The second kappa shape index (κ2) is 8.48. The van der Waals surface area contributed by atoms with Gasteiger partial charge >= 0.3 is 5.97 Å². The molecule has 1 aromatic carbocycles. The van der Waals surface area contributed by atoms with Crippen LogP contribution in [0.2, 0.25) is 0 Å². The maximum atomic E-state index is 11.6. The standard InChI is InChI=1S/C20H24N2O4S/c1-24-19(23)15-7-5-14(6-8-15)18-21-16(13-27-18)12-22-9-3-2-4-17(22)20-25-10-11-26-20/h5-8,13,17,20H,2-4,9-12H2,1H3. The van der Waals surface area contributed by atoms with Crippen molar-refractivity contribution in [2.75, 3.05) is 26.9 Å². The summed E-state index contributed by atoms with van der Waals surface area (Å²) in [4.78, 5) is 18.8. The Bertz CT molecular complexity index is 771. The molecule has 2 aliphatic heterocycles. The molecule has 3 heterocycles. The SMILES string of the molecule is COC(=O)c1ccc(-c2nc(CN3CCCCC3C3OCCO3)cs2)cc1. The van der Waals surface area contributed by atoms with Crippen LogP contribution in [0.3, 0.4) is 0 Å². The molecule has 0 bridgehead atoms. The average molecular weight is 388 g/mol. The number of benzene rings is 1. The van der Waals surface area contributed by atoms with Crippen LogP contribution in [0.15, 0.2) is 29.6 Å². The molecule has 2 saturated heterocycles. The minimum absolute atomic E-state index is 0.103. The Morgan fingerprint density at radius 3 is 2.78 bits per heavy atom. The summed E-state index contributed by atoms with van der Waals surface area (Å²) in [5.41, 5.74) is 2.62. The predicted octanol–water partition coefficient (Wildman–Crippen LogP) is 3.32. The first kappa shape index (κ1) is 18.6. The molecule has 1 atom stereocenters. The molecule has 144 valence electrons. The molecule has 2 aliphatic rings. The molecular formula is C20H24N2O4S. The van der Waals surface area contributed by atoms with Gasteiger partial charge in [0.05, 0.1) is 37.6 Å². The fourth-order valence-corrected chi connectivity index (χ4v) is 4.52. The minimum atomic E-state index is -0.325. The quantitative estimate of drug-likeness (QED) is 0.733. The van der Waals surface area contributed by atoms with Gasteiger partial charge in [-0.3, -0.25) is 4.90 Å². The van der Waals surface area contributed by atoms with Crippen molar-refractivity contribution >= 4 is 17.3 Å². The van der Waals surface area contributed by atoms with Gasteiger partial charge in [0.2, 0.25) is 0 Å². The number of piperidine rings is 1. The molecule has 0 saturated carbocycles. The molecule has 2 fully saturated rings. The van der Waals surface area contributed by atoms with E-state index in [0.29, 0.717) is 24.8 Å². The summed E-state index contributed by atoms with van der Waals surface area (Å²) in [5, 5.41) is 3.08. The maximum Gasteiger partial charge on any atom is 0.337 e. The van der Waals surface area contributed by atoms with Crippen LogP contribution >= 0.6 is 11.3 Å². The van der Waals surface area contributed by atoms with E-state index in [9.17, 15) is 4.79 Å². The Hall–Kier alpha value is -1.80. The summed E-state index contributed by atoms with van der Waals surface area (Å²) in [6.45, 7) is 3.24. The molecule has 4 rings (SSSR count). The monoisotopic (exact) mass is 388 g/mol. The molecule has 1 unspecified atom stereocenters. The van der Waals surface area contributed by atoms with E-state index in [2.05, 4.69) is 10.3 Å². The van der Waals surface area contributed by atoms with Gasteiger partial charge in [0, 0.05) is 17.5 Å². The summed E-state index contributed by atoms with van der Waals surface area (Å²) in [5.74, 6) is -0.325. The molecule has 0 aliphatic carbocycles. The smallest absolute Gasteiger partial charge is 0.337 e. The fraction of sp³-hybridized carbons (Fsp3) is 0.500. The van der Waals surface area contributed by atoms with Crippen molar-refractivity contribution < 1.29 is 19.0 Å². The van der Waals surface area contributed by atoms with Crippen molar-refractivity contribution in [3.8, 4) is 10.6 Å². The Kier molecular flexibility index (Phi) is 5.83. The van der Waals surface area contributed by atoms with E-state index in [4.69, 9.17) is 19.2 Å². The van der Waals surface area contributed by atoms with Crippen molar-refractivity contribution in [1.82, 2.24) is 9.88 Å². The highest BCUT2D eigenvalue weighted by molar-refractivity contribution is 7.13. The van der Waals surface area contributed by atoms with E-state index in [-0.39, 0.29) is 12.3 Å². The van der Waals surface area contributed by atoms with Gasteiger partial charge in [-0.25, -0.2) is 9.78 Å². The van der Waals surface area contributed by atoms with E-state index in [1.807, 2.05) is 12.1 Å². The van der Waals surface area contributed by atoms with Crippen LogP contribution in [-0.4, -0.2) is 55.1 Å². The lowest BCUT2D eigenvalue weighted by Crippen LogP contribution is -2.46. The van der Waals surface area contributed by atoms with Crippen molar-refractivity contribution in [2.24, 2.45) is 0 Å². The second-order valence-corrected chi connectivity index (χ2v) is 7.71. The topological polar surface area (TPSA) is 60.9 Å². The van der Waals surface area contributed by atoms with E-state index >= 15 is 0 Å². The third kappa shape index (κ3) is 4.21. The summed E-state index contributed by atoms with van der Waals surface area (Å²) in [6, 6.07) is 7.69. The van der Waals surface area contributed by atoms with Crippen LogP contribution in [0, 0.1) is 0 Å². The van der Waals surface area contributed by atoms with Crippen LogP contribution in [-0.2, 0) is 20.8 Å². The number of esters is 1. The fourth-order valence-electron chi connectivity index (χ4n) is 3.71. The molecule has 6 nitrogen and oxygen atoms in total. The predicted molar refractivity (Wildman–Crippen MR) is 103 cm³/mol. The van der Waals surface area contributed by atoms with Crippen molar-refractivity contribution in [3.05, 3.63) is 40.9 Å². The van der Waals surface area contributed by atoms with Gasteiger partial charge in [-0.15, -0.1) is 11.3 Å². The molecule has 7 heteroatoms. The van der Waals surface area contributed by atoms with Crippen molar-refractivity contribution in [2.45, 2.75) is 38.1 Å². The first-order chi connectivity index (χ1) is 13.2. The van der Waals surface area contributed by atoms with Crippen LogP contribution in [0.25, 0.3) is 10.6 Å². The summed E-state index contributed by atoms with van der Waals surface area (Å²) < 4.78 is 16.3. The molecule has 0 N–H and O–H groups in total. The van der Waals surface area contributed by atoms with E-state index < -0.39 is 0 Å². The Labute approximate surface area is 163 Å². The highest BCUT2D eigenvalue weighted by Crippen LogP contribution is 2.28. The number of hydrogen-bond donors (Lipinski definition) is 0. The molecule has 27 heavy (non-hydrogen) atoms. The number of carbonyl (C=O) groups is 1. The number of nitrogens with zero attached hydrogens (tertiary/aromatic N) is 2. The lowest BCUT2D eigenvalue weighted by Gasteiger charge is -2.37. The zero-order valence-corrected chi connectivity index (χ0v) is 16.2. The highest BCUT2D eigenvalue weighted by Gasteiger charge is 2.33. The first-order valence-electron chi connectivity index (χ1n) is 9.35. The van der Waals surface area contributed by atoms with Crippen LogP contribution < -0.4 is 0 Å². The van der Waals surface area contributed by atoms with E-state index in [1.165, 1.54) is 20.0 Å². The molecule has 0 radical (unpaired) electrons.